The molecule has 0 spiro atoms. The summed E-state index contributed by atoms with van der Waals surface area (Å²) < 4.78 is 1.92. The maximum absolute atomic E-state index is 4.69. The van der Waals surface area contributed by atoms with Crippen LogP contribution in [0.25, 0.3) is 0 Å². The van der Waals surface area contributed by atoms with Crippen LogP contribution in [0.2, 0.25) is 0 Å². The summed E-state index contributed by atoms with van der Waals surface area (Å²) in [5.74, 6) is 0. The zero-order valence-electron chi connectivity index (χ0n) is 11.8. The average Bonchev–Trinajstić information content (AvgIpc) is 2.72. The highest BCUT2D eigenvalue weighted by Gasteiger charge is 2.02. The van der Waals surface area contributed by atoms with Gasteiger partial charge in [0.1, 0.15) is 0 Å². The van der Waals surface area contributed by atoms with Gasteiger partial charge in [-0.1, -0.05) is 30.3 Å². The molecule has 0 fully saturated rings. The second-order valence-electron chi connectivity index (χ2n) is 4.75. The lowest BCUT2D eigenvalue weighted by molar-refractivity contribution is 0.735. The molecule has 0 atom stereocenters. The van der Waals surface area contributed by atoms with Crippen molar-refractivity contribution in [2.24, 2.45) is 10.1 Å². The SMILES string of the molecule is CC(=Nn1c(C)csc1=NC(C)C)c1ccccc1. The first-order valence-electron chi connectivity index (χ1n) is 6.40. The van der Waals surface area contributed by atoms with Crippen LogP contribution in [0.3, 0.4) is 0 Å². The molecule has 0 unspecified atom stereocenters. The molecule has 0 amide bonds. The number of nitrogens with zero attached hydrogens (tertiary/aromatic N) is 3. The second kappa shape index (κ2) is 5.97. The molecule has 2 aromatic rings. The Kier molecular flexibility index (Phi) is 4.32. The third-order valence-electron chi connectivity index (χ3n) is 2.66. The molecule has 4 heteroatoms. The molecule has 3 nitrogen and oxygen atoms in total. The highest BCUT2D eigenvalue weighted by molar-refractivity contribution is 7.07. The molecule has 0 aliphatic heterocycles. The molecule has 1 heterocycles. The molecule has 1 aromatic carbocycles. The zero-order valence-corrected chi connectivity index (χ0v) is 12.6. The lowest BCUT2D eigenvalue weighted by Gasteiger charge is -2.03. The highest BCUT2D eigenvalue weighted by atomic mass is 32.1. The molecule has 0 bridgehead atoms. The quantitative estimate of drug-likeness (QED) is 0.767. The Morgan fingerprint density at radius 1 is 1.21 bits per heavy atom. The summed E-state index contributed by atoms with van der Waals surface area (Å²) in [5, 5.41) is 6.78. The Bertz CT molecular complexity index is 633. The van der Waals surface area contributed by atoms with Gasteiger partial charge in [-0.15, -0.1) is 11.3 Å². The van der Waals surface area contributed by atoms with Gasteiger partial charge >= 0.3 is 0 Å². The topological polar surface area (TPSA) is 29.6 Å². The van der Waals surface area contributed by atoms with Gasteiger partial charge in [0.25, 0.3) is 0 Å². The van der Waals surface area contributed by atoms with E-state index >= 15 is 0 Å². The van der Waals surface area contributed by atoms with Crippen LogP contribution >= 0.6 is 11.3 Å². The Morgan fingerprint density at radius 3 is 2.53 bits per heavy atom. The van der Waals surface area contributed by atoms with Gasteiger partial charge in [-0.25, -0.2) is 4.68 Å². The molecule has 0 N–H and O–H groups in total. The van der Waals surface area contributed by atoms with Crippen molar-refractivity contribution in [3.63, 3.8) is 0 Å². The van der Waals surface area contributed by atoms with Crippen molar-refractivity contribution >= 4 is 17.0 Å². The largest absolute Gasteiger partial charge is 0.255 e. The molecule has 0 saturated carbocycles. The van der Waals surface area contributed by atoms with E-state index in [0.717, 1.165) is 21.8 Å². The van der Waals surface area contributed by atoms with E-state index in [0.29, 0.717) is 0 Å². The van der Waals surface area contributed by atoms with Gasteiger partial charge in [0, 0.05) is 11.4 Å². The number of hydrogen-bond acceptors (Lipinski definition) is 3. The number of thiazole rings is 1. The van der Waals surface area contributed by atoms with E-state index in [2.05, 4.69) is 43.3 Å². The smallest absolute Gasteiger partial charge is 0.206 e. The minimum absolute atomic E-state index is 0.275. The maximum Gasteiger partial charge on any atom is 0.206 e. The van der Waals surface area contributed by atoms with E-state index in [1.807, 2.05) is 29.8 Å². The first-order chi connectivity index (χ1) is 9.08. The summed E-state index contributed by atoms with van der Waals surface area (Å²) in [4.78, 5) is 5.55. The van der Waals surface area contributed by atoms with Gasteiger partial charge in [-0.2, -0.15) is 5.10 Å². The fraction of sp³-hybridized carbons (Fsp3) is 0.333. The van der Waals surface area contributed by atoms with Crippen LogP contribution in [0, 0.1) is 6.92 Å². The Hall–Kier alpha value is -1.68. The van der Waals surface area contributed by atoms with E-state index in [4.69, 9.17) is 5.10 Å². The van der Waals surface area contributed by atoms with Gasteiger partial charge in [-0.3, -0.25) is 4.99 Å². The first-order valence-corrected chi connectivity index (χ1v) is 7.28. The normalized spacial score (nSPS) is 13.3. The van der Waals surface area contributed by atoms with E-state index in [1.54, 1.807) is 11.3 Å². The van der Waals surface area contributed by atoms with Gasteiger partial charge in [0.2, 0.25) is 4.80 Å². The summed E-state index contributed by atoms with van der Waals surface area (Å²) in [7, 11) is 0. The third kappa shape index (κ3) is 3.41. The summed E-state index contributed by atoms with van der Waals surface area (Å²) in [5.41, 5.74) is 3.24. The highest BCUT2D eigenvalue weighted by Crippen LogP contribution is 2.05. The third-order valence-corrected chi connectivity index (χ3v) is 3.61. The molecule has 0 aliphatic rings. The van der Waals surface area contributed by atoms with E-state index in [1.165, 1.54) is 0 Å². The Labute approximate surface area is 118 Å². The van der Waals surface area contributed by atoms with Crippen molar-refractivity contribution in [2.75, 3.05) is 0 Å². The van der Waals surface area contributed by atoms with Crippen molar-refractivity contribution in [2.45, 2.75) is 33.7 Å². The van der Waals surface area contributed by atoms with Crippen molar-refractivity contribution in [3.05, 3.63) is 51.8 Å². The van der Waals surface area contributed by atoms with Crippen LogP contribution in [0.1, 0.15) is 32.0 Å². The molecule has 0 radical (unpaired) electrons. The average molecular weight is 273 g/mol. The molecule has 1 aromatic heterocycles. The van der Waals surface area contributed by atoms with Crippen molar-refractivity contribution in [1.29, 1.82) is 0 Å². The Balaban J connectivity index is 2.46. The molecule has 0 saturated heterocycles. The van der Waals surface area contributed by atoms with Crippen LogP contribution in [-0.2, 0) is 0 Å². The number of hydrogen-bond donors (Lipinski definition) is 0. The van der Waals surface area contributed by atoms with Crippen molar-refractivity contribution < 1.29 is 0 Å². The monoisotopic (exact) mass is 273 g/mol. The predicted octanol–water partition coefficient (Wildman–Crippen LogP) is 3.44. The van der Waals surface area contributed by atoms with E-state index in [-0.39, 0.29) is 6.04 Å². The van der Waals surface area contributed by atoms with Gasteiger partial charge in [-0.05, 0) is 33.3 Å². The first kappa shape index (κ1) is 13.7. The molecule has 0 aliphatic carbocycles. The van der Waals surface area contributed by atoms with Crippen molar-refractivity contribution in [1.82, 2.24) is 4.68 Å². The summed E-state index contributed by atoms with van der Waals surface area (Å²) in [6.07, 6.45) is 0. The zero-order chi connectivity index (χ0) is 13.8. The van der Waals surface area contributed by atoms with Crippen LogP contribution < -0.4 is 4.80 Å². The molecular weight excluding hydrogens is 254 g/mol. The number of benzene rings is 1. The number of rotatable bonds is 3. The predicted molar refractivity (Wildman–Crippen MR) is 81.8 cm³/mol. The number of aryl methyl sites for hydroxylation is 1. The van der Waals surface area contributed by atoms with Gasteiger partial charge in [0.15, 0.2) is 0 Å². The van der Waals surface area contributed by atoms with Crippen LogP contribution in [0.15, 0.2) is 45.8 Å². The minimum atomic E-state index is 0.275. The lowest BCUT2D eigenvalue weighted by atomic mass is 10.1. The molecular formula is C15H19N3S. The maximum atomic E-state index is 4.69. The number of aromatic nitrogens is 1. The van der Waals surface area contributed by atoms with Crippen LogP contribution in [0.5, 0.6) is 0 Å². The minimum Gasteiger partial charge on any atom is -0.255 e. The summed E-state index contributed by atoms with van der Waals surface area (Å²) in [6, 6.07) is 10.5. The standard InChI is InChI=1S/C15H19N3S/c1-11(2)16-15-18(12(3)10-19-15)17-13(4)14-8-6-5-7-9-14/h5-11H,1-4H3. The van der Waals surface area contributed by atoms with Crippen molar-refractivity contribution in [3.8, 4) is 0 Å². The van der Waals surface area contributed by atoms with Crippen LogP contribution in [-0.4, -0.2) is 16.4 Å². The van der Waals surface area contributed by atoms with Crippen LogP contribution in [0.4, 0.5) is 0 Å². The molecule has 2 rings (SSSR count). The van der Waals surface area contributed by atoms with E-state index in [9.17, 15) is 0 Å². The van der Waals surface area contributed by atoms with Gasteiger partial charge in [0.05, 0.1) is 11.4 Å². The Morgan fingerprint density at radius 2 is 1.89 bits per heavy atom. The van der Waals surface area contributed by atoms with Gasteiger partial charge < -0.3 is 0 Å². The lowest BCUT2D eigenvalue weighted by Crippen LogP contribution is -2.16. The fourth-order valence-corrected chi connectivity index (χ4v) is 2.64. The second-order valence-corrected chi connectivity index (χ2v) is 5.58. The summed E-state index contributed by atoms with van der Waals surface area (Å²) in [6.45, 7) is 8.23. The molecule has 19 heavy (non-hydrogen) atoms. The van der Waals surface area contributed by atoms with E-state index < -0.39 is 0 Å². The summed E-state index contributed by atoms with van der Waals surface area (Å²) >= 11 is 1.63. The fourth-order valence-electron chi connectivity index (χ4n) is 1.70. The molecule has 100 valence electrons.